The van der Waals surface area contributed by atoms with Gasteiger partial charge in [-0.05, 0) is 19.8 Å². The van der Waals surface area contributed by atoms with Gasteiger partial charge in [0.2, 0.25) is 5.76 Å². The third-order valence-electron chi connectivity index (χ3n) is 3.16. The molecule has 0 spiro atoms. The fourth-order valence-corrected chi connectivity index (χ4v) is 2.26. The van der Waals surface area contributed by atoms with Crippen LogP contribution < -0.4 is 5.32 Å². The predicted octanol–water partition coefficient (Wildman–Crippen LogP) is 1.32. The number of aliphatic hydroxyl groups is 1. The smallest absolute Gasteiger partial charge is 0.289 e. The van der Waals surface area contributed by atoms with Crippen LogP contribution in [0.25, 0.3) is 0 Å². The Morgan fingerprint density at radius 2 is 2.12 bits per heavy atom. The van der Waals surface area contributed by atoms with Gasteiger partial charge in [0.15, 0.2) is 5.89 Å². The topological polar surface area (TPSA) is 75.4 Å². The number of hydrogen-bond donors (Lipinski definition) is 2. The fourth-order valence-electron chi connectivity index (χ4n) is 2.26. The molecule has 5 nitrogen and oxygen atoms in total. The zero-order chi connectivity index (χ0) is 12.4. The second kappa shape index (κ2) is 4.87. The van der Waals surface area contributed by atoms with Crippen LogP contribution in [0.3, 0.4) is 0 Å². The van der Waals surface area contributed by atoms with Crippen molar-refractivity contribution in [2.45, 2.75) is 51.7 Å². The Morgan fingerprint density at radius 3 is 2.71 bits per heavy atom. The number of aromatic nitrogens is 1. The summed E-state index contributed by atoms with van der Waals surface area (Å²) in [6.07, 6.45) is 3.18. The number of aryl methyl sites for hydroxylation is 2. The zero-order valence-electron chi connectivity index (χ0n) is 10.2. The molecular formula is C12H18N2O3. The van der Waals surface area contributed by atoms with E-state index in [0.29, 0.717) is 11.6 Å². The van der Waals surface area contributed by atoms with Crippen molar-refractivity contribution in [2.75, 3.05) is 0 Å². The lowest BCUT2D eigenvalue weighted by molar-refractivity contribution is 0.0696. The number of carbonyl (C=O) groups is 1. The molecule has 1 amide bonds. The molecule has 1 aromatic heterocycles. The number of carbonyl (C=O) groups excluding carboxylic acids is 1. The molecule has 0 saturated heterocycles. The van der Waals surface area contributed by atoms with E-state index < -0.39 is 6.10 Å². The van der Waals surface area contributed by atoms with Crippen LogP contribution in [0.15, 0.2) is 4.42 Å². The van der Waals surface area contributed by atoms with Crippen molar-refractivity contribution in [3.05, 3.63) is 17.3 Å². The highest BCUT2D eigenvalue weighted by Crippen LogP contribution is 2.19. The van der Waals surface area contributed by atoms with E-state index in [1.54, 1.807) is 13.8 Å². The maximum absolute atomic E-state index is 11.9. The second-order valence-electron chi connectivity index (χ2n) is 4.58. The van der Waals surface area contributed by atoms with Gasteiger partial charge in [-0.25, -0.2) is 4.98 Å². The van der Waals surface area contributed by atoms with Crippen LogP contribution in [0, 0.1) is 13.8 Å². The van der Waals surface area contributed by atoms with Gasteiger partial charge in [-0.1, -0.05) is 12.8 Å². The van der Waals surface area contributed by atoms with Crippen molar-refractivity contribution in [3.63, 3.8) is 0 Å². The molecular weight excluding hydrogens is 220 g/mol. The molecule has 2 N–H and O–H groups in total. The molecule has 1 heterocycles. The van der Waals surface area contributed by atoms with E-state index in [1.165, 1.54) is 0 Å². The number of oxazole rings is 1. The summed E-state index contributed by atoms with van der Waals surface area (Å²) in [4.78, 5) is 16.0. The van der Waals surface area contributed by atoms with E-state index in [0.717, 1.165) is 25.7 Å². The van der Waals surface area contributed by atoms with Gasteiger partial charge in [0.1, 0.15) is 0 Å². The van der Waals surface area contributed by atoms with Crippen LogP contribution in [0.2, 0.25) is 0 Å². The van der Waals surface area contributed by atoms with Crippen molar-refractivity contribution in [1.82, 2.24) is 10.3 Å². The van der Waals surface area contributed by atoms with E-state index in [1.807, 2.05) is 0 Å². The van der Waals surface area contributed by atoms with Gasteiger partial charge in [-0.15, -0.1) is 0 Å². The normalized spacial score (nSPS) is 24.6. The van der Waals surface area contributed by atoms with Crippen molar-refractivity contribution in [1.29, 1.82) is 0 Å². The van der Waals surface area contributed by atoms with Gasteiger partial charge in [0, 0.05) is 6.92 Å². The molecule has 0 radical (unpaired) electrons. The number of nitrogens with one attached hydrogen (secondary N) is 1. The van der Waals surface area contributed by atoms with Crippen molar-refractivity contribution in [2.24, 2.45) is 0 Å². The molecule has 1 fully saturated rings. The third kappa shape index (κ3) is 2.66. The minimum Gasteiger partial charge on any atom is -0.436 e. The van der Waals surface area contributed by atoms with Crippen LogP contribution in [0.4, 0.5) is 0 Å². The maximum Gasteiger partial charge on any atom is 0.289 e. The molecule has 1 aliphatic rings. The molecule has 1 aromatic rings. The number of rotatable bonds is 2. The minimum atomic E-state index is -0.447. The SMILES string of the molecule is Cc1nc(C)c(C(=O)NC2CCCCC2O)o1. The third-order valence-corrected chi connectivity index (χ3v) is 3.16. The summed E-state index contributed by atoms with van der Waals surface area (Å²) in [5, 5.41) is 12.6. The van der Waals surface area contributed by atoms with Crippen LogP contribution in [-0.4, -0.2) is 28.1 Å². The van der Waals surface area contributed by atoms with Gasteiger partial charge in [-0.2, -0.15) is 0 Å². The molecule has 1 aliphatic carbocycles. The Morgan fingerprint density at radius 1 is 1.41 bits per heavy atom. The van der Waals surface area contributed by atoms with E-state index in [2.05, 4.69) is 10.3 Å². The van der Waals surface area contributed by atoms with Gasteiger partial charge < -0.3 is 14.8 Å². The summed E-state index contributed by atoms with van der Waals surface area (Å²) in [6.45, 7) is 3.45. The van der Waals surface area contributed by atoms with Crippen molar-refractivity contribution in [3.8, 4) is 0 Å². The number of amides is 1. The Hall–Kier alpha value is -1.36. The Bertz CT molecular complexity index is 414. The monoisotopic (exact) mass is 238 g/mol. The summed E-state index contributed by atoms with van der Waals surface area (Å²) in [5.41, 5.74) is 0.588. The molecule has 2 unspecified atom stereocenters. The van der Waals surface area contributed by atoms with Crippen LogP contribution in [-0.2, 0) is 0 Å². The molecule has 2 rings (SSSR count). The molecule has 5 heteroatoms. The molecule has 2 atom stereocenters. The Kier molecular flexibility index (Phi) is 3.47. The maximum atomic E-state index is 11.9. The largest absolute Gasteiger partial charge is 0.436 e. The van der Waals surface area contributed by atoms with Crippen LogP contribution in [0.5, 0.6) is 0 Å². The van der Waals surface area contributed by atoms with Gasteiger partial charge in [-0.3, -0.25) is 4.79 Å². The lowest BCUT2D eigenvalue weighted by atomic mass is 9.92. The predicted molar refractivity (Wildman–Crippen MR) is 61.7 cm³/mol. The average Bonchev–Trinajstić information content (AvgIpc) is 2.61. The lowest BCUT2D eigenvalue weighted by Gasteiger charge is -2.27. The summed E-state index contributed by atoms with van der Waals surface area (Å²) in [6, 6.07) is -0.166. The van der Waals surface area contributed by atoms with Crippen LogP contribution in [0.1, 0.15) is 47.8 Å². The second-order valence-corrected chi connectivity index (χ2v) is 4.58. The minimum absolute atomic E-state index is 0.166. The Balaban J connectivity index is 2.03. The Labute approximate surface area is 100 Å². The molecule has 0 aromatic carbocycles. The number of hydrogen-bond acceptors (Lipinski definition) is 4. The summed E-state index contributed by atoms with van der Waals surface area (Å²) >= 11 is 0. The first-order valence-corrected chi connectivity index (χ1v) is 6.01. The quantitative estimate of drug-likeness (QED) is 0.815. The van der Waals surface area contributed by atoms with Crippen LogP contribution >= 0.6 is 0 Å². The highest BCUT2D eigenvalue weighted by atomic mass is 16.4. The first-order valence-electron chi connectivity index (χ1n) is 6.01. The first-order chi connectivity index (χ1) is 8.08. The number of aliphatic hydroxyl groups excluding tert-OH is 1. The summed E-state index contributed by atoms with van der Waals surface area (Å²) in [7, 11) is 0. The zero-order valence-corrected chi connectivity index (χ0v) is 10.2. The molecule has 0 aliphatic heterocycles. The average molecular weight is 238 g/mol. The highest BCUT2D eigenvalue weighted by molar-refractivity contribution is 5.92. The van der Waals surface area contributed by atoms with E-state index in [-0.39, 0.29) is 17.7 Å². The summed E-state index contributed by atoms with van der Waals surface area (Å²) in [5.74, 6) is 0.450. The highest BCUT2D eigenvalue weighted by Gasteiger charge is 2.26. The first kappa shape index (κ1) is 12.1. The van der Waals surface area contributed by atoms with Gasteiger partial charge in [0.05, 0.1) is 17.8 Å². The molecule has 94 valence electrons. The summed E-state index contributed by atoms with van der Waals surface area (Å²) < 4.78 is 5.25. The van der Waals surface area contributed by atoms with Crippen molar-refractivity contribution >= 4 is 5.91 Å². The fraction of sp³-hybridized carbons (Fsp3) is 0.667. The van der Waals surface area contributed by atoms with Gasteiger partial charge >= 0.3 is 0 Å². The van der Waals surface area contributed by atoms with E-state index in [4.69, 9.17) is 4.42 Å². The molecule has 0 bridgehead atoms. The number of nitrogens with zero attached hydrogens (tertiary/aromatic N) is 1. The lowest BCUT2D eigenvalue weighted by Crippen LogP contribution is -2.45. The van der Waals surface area contributed by atoms with E-state index >= 15 is 0 Å². The molecule has 17 heavy (non-hydrogen) atoms. The molecule has 1 saturated carbocycles. The van der Waals surface area contributed by atoms with Crippen molar-refractivity contribution < 1.29 is 14.3 Å². The van der Waals surface area contributed by atoms with Gasteiger partial charge in [0.25, 0.3) is 5.91 Å². The van der Waals surface area contributed by atoms with E-state index in [9.17, 15) is 9.90 Å². The standard InChI is InChI=1S/C12H18N2O3/c1-7-11(17-8(2)13-7)12(16)14-9-5-3-4-6-10(9)15/h9-10,15H,3-6H2,1-2H3,(H,14,16).